The van der Waals surface area contributed by atoms with E-state index < -0.39 is 0 Å². The molecule has 1 fully saturated rings. The average Bonchev–Trinajstić information content (AvgIpc) is 3.10. The van der Waals surface area contributed by atoms with Gasteiger partial charge in [-0.25, -0.2) is 0 Å². The number of nitrogens with zero attached hydrogens (tertiary/aromatic N) is 6. The molecule has 1 saturated heterocycles. The van der Waals surface area contributed by atoms with Crippen LogP contribution in [0, 0.1) is 0 Å². The predicted octanol–water partition coefficient (Wildman–Crippen LogP) is 2.41. The summed E-state index contributed by atoms with van der Waals surface area (Å²) < 4.78 is 2.77. The topological polar surface area (TPSA) is 66.6 Å². The summed E-state index contributed by atoms with van der Waals surface area (Å²) in [6.07, 6.45) is 0.785. The molecule has 0 N–H and O–H groups in total. The van der Waals surface area contributed by atoms with Crippen molar-refractivity contribution in [2.45, 2.75) is 13.3 Å². The molecule has 1 amide bonds. The Bertz CT molecular complexity index is 931. The summed E-state index contributed by atoms with van der Waals surface area (Å²) >= 11 is 3.40. The van der Waals surface area contributed by atoms with Crippen molar-refractivity contribution in [2.24, 2.45) is 0 Å². The second kappa shape index (κ2) is 7.03. The summed E-state index contributed by atoms with van der Waals surface area (Å²) in [6, 6.07) is 11.4. The molecule has 0 atom stereocenters. The van der Waals surface area contributed by atoms with Gasteiger partial charge in [0.25, 0.3) is 5.91 Å². The summed E-state index contributed by atoms with van der Waals surface area (Å²) in [5.41, 5.74) is 1.48. The van der Waals surface area contributed by atoms with E-state index in [0.29, 0.717) is 13.1 Å². The molecule has 0 bridgehead atoms. The standard InChI is InChI=1S/C18H19BrN6O/c1-2-15-20-21-16-7-8-17(22-25(15)16)23-9-11-24(12-10-23)18(26)13-3-5-14(19)6-4-13/h3-8H,2,9-12H2,1H3. The molecule has 0 radical (unpaired) electrons. The van der Waals surface area contributed by atoms with Crippen molar-refractivity contribution >= 4 is 33.3 Å². The van der Waals surface area contributed by atoms with Crippen molar-refractivity contribution < 1.29 is 4.79 Å². The van der Waals surface area contributed by atoms with E-state index in [0.717, 1.165) is 46.8 Å². The monoisotopic (exact) mass is 414 g/mol. The number of rotatable bonds is 3. The molecule has 2 aromatic heterocycles. The van der Waals surface area contributed by atoms with Crippen LogP contribution in [-0.4, -0.2) is 56.8 Å². The van der Waals surface area contributed by atoms with E-state index in [1.807, 2.05) is 48.2 Å². The molecule has 26 heavy (non-hydrogen) atoms. The first kappa shape index (κ1) is 17.0. The maximum Gasteiger partial charge on any atom is 0.253 e. The number of aryl methyl sites for hydroxylation is 1. The van der Waals surface area contributed by atoms with E-state index in [1.54, 1.807) is 4.52 Å². The molecule has 7 nitrogen and oxygen atoms in total. The molecule has 3 heterocycles. The van der Waals surface area contributed by atoms with Crippen LogP contribution in [0.2, 0.25) is 0 Å². The lowest BCUT2D eigenvalue weighted by molar-refractivity contribution is 0.0746. The Balaban J connectivity index is 1.46. The molecule has 0 aliphatic carbocycles. The molecule has 134 valence electrons. The molecular weight excluding hydrogens is 396 g/mol. The van der Waals surface area contributed by atoms with Gasteiger partial charge >= 0.3 is 0 Å². The second-order valence-electron chi connectivity index (χ2n) is 6.22. The zero-order valence-electron chi connectivity index (χ0n) is 14.5. The Hall–Kier alpha value is -2.48. The van der Waals surface area contributed by atoms with Gasteiger partial charge in [0.1, 0.15) is 5.82 Å². The van der Waals surface area contributed by atoms with E-state index in [-0.39, 0.29) is 5.91 Å². The van der Waals surface area contributed by atoms with Gasteiger partial charge in [-0.2, -0.15) is 4.52 Å². The van der Waals surface area contributed by atoms with Crippen molar-refractivity contribution in [3.05, 3.63) is 52.3 Å². The molecule has 0 saturated carbocycles. The Morgan fingerprint density at radius 2 is 1.77 bits per heavy atom. The average molecular weight is 415 g/mol. The van der Waals surface area contributed by atoms with Gasteiger partial charge in [-0.05, 0) is 36.4 Å². The number of amides is 1. The van der Waals surface area contributed by atoms with Gasteiger partial charge in [-0.3, -0.25) is 4.79 Å². The number of benzene rings is 1. The molecule has 0 unspecified atom stereocenters. The van der Waals surface area contributed by atoms with Crippen molar-refractivity contribution in [3.8, 4) is 0 Å². The van der Waals surface area contributed by atoms with E-state index in [2.05, 4.69) is 36.1 Å². The van der Waals surface area contributed by atoms with Gasteiger partial charge in [0.15, 0.2) is 11.5 Å². The van der Waals surface area contributed by atoms with Crippen LogP contribution < -0.4 is 4.90 Å². The molecule has 3 aromatic rings. The van der Waals surface area contributed by atoms with Gasteiger partial charge in [0, 0.05) is 42.6 Å². The predicted molar refractivity (Wildman–Crippen MR) is 102 cm³/mol. The number of hydrogen-bond acceptors (Lipinski definition) is 5. The highest BCUT2D eigenvalue weighted by atomic mass is 79.9. The fourth-order valence-corrected chi connectivity index (χ4v) is 3.39. The fraction of sp³-hybridized carbons (Fsp3) is 0.333. The number of aromatic nitrogens is 4. The molecule has 1 aromatic carbocycles. The van der Waals surface area contributed by atoms with Crippen LogP contribution in [-0.2, 0) is 6.42 Å². The Morgan fingerprint density at radius 3 is 2.46 bits per heavy atom. The lowest BCUT2D eigenvalue weighted by Gasteiger charge is -2.35. The number of carbonyl (C=O) groups excluding carboxylic acids is 1. The van der Waals surface area contributed by atoms with Crippen LogP contribution in [0.25, 0.3) is 5.65 Å². The molecule has 1 aliphatic heterocycles. The third-order valence-corrected chi connectivity index (χ3v) is 5.14. The van der Waals surface area contributed by atoms with Crippen molar-refractivity contribution in [3.63, 3.8) is 0 Å². The number of anilines is 1. The molecule has 8 heteroatoms. The smallest absolute Gasteiger partial charge is 0.253 e. The Kier molecular flexibility index (Phi) is 4.58. The van der Waals surface area contributed by atoms with E-state index in [1.165, 1.54) is 0 Å². The minimum absolute atomic E-state index is 0.0765. The summed E-state index contributed by atoms with van der Waals surface area (Å²) in [6.45, 7) is 4.90. The van der Waals surface area contributed by atoms with Crippen LogP contribution in [0.3, 0.4) is 0 Å². The molecule has 4 rings (SSSR count). The third kappa shape index (κ3) is 3.16. The number of piperazine rings is 1. The first-order valence-corrected chi connectivity index (χ1v) is 9.46. The molecule has 1 aliphatic rings. The van der Waals surface area contributed by atoms with Crippen LogP contribution in [0.4, 0.5) is 5.82 Å². The van der Waals surface area contributed by atoms with E-state index in [9.17, 15) is 4.79 Å². The lowest BCUT2D eigenvalue weighted by atomic mass is 10.2. The Labute approximate surface area is 159 Å². The van der Waals surface area contributed by atoms with Crippen molar-refractivity contribution in [1.82, 2.24) is 24.7 Å². The van der Waals surface area contributed by atoms with Gasteiger partial charge in [0.05, 0.1) is 0 Å². The summed E-state index contributed by atoms with van der Waals surface area (Å²) in [5.74, 6) is 1.82. The number of hydrogen-bond donors (Lipinski definition) is 0. The van der Waals surface area contributed by atoms with Gasteiger partial charge in [-0.15, -0.1) is 15.3 Å². The van der Waals surface area contributed by atoms with Crippen LogP contribution in [0.5, 0.6) is 0 Å². The minimum Gasteiger partial charge on any atom is -0.352 e. The highest BCUT2D eigenvalue weighted by Gasteiger charge is 2.23. The summed E-state index contributed by atoms with van der Waals surface area (Å²) in [7, 11) is 0. The van der Waals surface area contributed by atoms with Crippen molar-refractivity contribution in [1.29, 1.82) is 0 Å². The maximum atomic E-state index is 12.6. The Morgan fingerprint density at radius 1 is 1.04 bits per heavy atom. The zero-order chi connectivity index (χ0) is 18.1. The maximum absolute atomic E-state index is 12.6. The van der Waals surface area contributed by atoms with Gasteiger partial charge in [-0.1, -0.05) is 22.9 Å². The van der Waals surface area contributed by atoms with Crippen LogP contribution >= 0.6 is 15.9 Å². The number of halogens is 1. The highest BCUT2D eigenvalue weighted by Crippen LogP contribution is 2.17. The molecule has 0 spiro atoms. The number of fused-ring (bicyclic) bond motifs is 1. The van der Waals surface area contributed by atoms with Crippen LogP contribution in [0.15, 0.2) is 40.9 Å². The largest absolute Gasteiger partial charge is 0.352 e. The SMILES string of the molecule is CCc1nnc2ccc(N3CCN(C(=O)c4ccc(Br)cc4)CC3)nn12. The van der Waals surface area contributed by atoms with Gasteiger partial charge < -0.3 is 9.80 Å². The lowest BCUT2D eigenvalue weighted by Crippen LogP contribution is -2.49. The normalized spacial score (nSPS) is 14.8. The first-order chi connectivity index (χ1) is 12.7. The van der Waals surface area contributed by atoms with Crippen LogP contribution in [0.1, 0.15) is 23.1 Å². The van der Waals surface area contributed by atoms with E-state index >= 15 is 0 Å². The fourth-order valence-electron chi connectivity index (χ4n) is 3.13. The number of carbonyl (C=O) groups is 1. The second-order valence-corrected chi connectivity index (χ2v) is 7.13. The van der Waals surface area contributed by atoms with Crippen molar-refractivity contribution in [2.75, 3.05) is 31.1 Å². The van der Waals surface area contributed by atoms with E-state index in [4.69, 9.17) is 0 Å². The highest BCUT2D eigenvalue weighted by molar-refractivity contribution is 9.10. The summed E-state index contributed by atoms with van der Waals surface area (Å²) in [4.78, 5) is 16.7. The zero-order valence-corrected chi connectivity index (χ0v) is 16.1. The first-order valence-electron chi connectivity index (χ1n) is 8.67. The quantitative estimate of drug-likeness (QED) is 0.658. The minimum atomic E-state index is 0.0765. The summed E-state index contributed by atoms with van der Waals surface area (Å²) in [5, 5.41) is 13.0. The third-order valence-electron chi connectivity index (χ3n) is 4.61. The van der Waals surface area contributed by atoms with Gasteiger partial charge in [0.2, 0.25) is 0 Å². The molecular formula is C18H19BrN6O.